The molecule has 1 aliphatic rings. The summed E-state index contributed by atoms with van der Waals surface area (Å²) in [5.74, 6) is -0.0459. The maximum absolute atomic E-state index is 12.8. The summed E-state index contributed by atoms with van der Waals surface area (Å²) in [6.07, 6.45) is 2.81. The van der Waals surface area contributed by atoms with E-state index in [1.54, 1.807) is 19.1 Å². The fourth-order valence-electron chi connectivity index (χ4n) is 3.36. The lowest BCUT2D eigenvalue weighted by atomic mass is 9.88. The first kappa shape index (κ1) is 18.1. The number of rotatable bonds is 4. The Labute approximate surface area is 164 Å². The molecule has 1 unspecified atom stereocenters. The molecule has 0 radical (unpaired) electrons. The van der Waals surface area contributed by atoms with Crippen LogP contribution in [0.2, 0.25) is 0 Å². The Bertz CT molecular complexity index is 1020. The van der Waals surface area contributed by atoms with Crippen molar-refractivity contribution in [2.45, 2.75) is 33.1 Å². The van der Waals surface area contributed by atoms with Crippen molar-refractivity contribution in [1.82, 2.24) is 9.59 Å². The molecule has 0 fully saturated rings. The normalized spacial score (nSPS) is 16.1. The average Bonchev–Trinajstić information content (AvgIpc) is 3.24. The zero-order valence-electron chi connectivity index (χ0n) is 15.1. The predicted octanol–water partition coefficient (Wildman–Crippen LogP) is 4.31. The Morgan fingerprint density at radius 2 is 2.22 bits per heavy atom. The van der Waals surface area contributed by atoms with Gasteiger partial charge in [0.05, 0.1) is 16.9 Å². The molecule has 6 nitrogen and oxygen atoms in total. The molecule has 0 bridgehead atoms. The van der Waals surface area contributed by atoms with Crippen LogP contribution in [-0.2, 0) is 17.6 Å². The zero-order valence-corrected chi connectivity index (χ0v) is 16.7. The van der Waals surface area contributed by atoms with E-state index in [1.165, 1.54) is 27.7 Å². The van der Waals surface area contributed by atoms with Gasteiger partial charge in [-0.25, -0.2) is 4.79 Å². The van der Waals surface area contributed by atoms with Crippen molar-refractivity contribution in [3.8, 4) is 0 Å². The first-order valence-electron chi connectivity index (χ1n) is 8.92. The molecule has 27 heavy (non-hydrogen) atoms. The van der Waals surface area contributed by atoms with Gasteiger partial charge in [0.1, 0.15) is 10.5 Å². The molecule has 140 valence electrons. The molecule has 0 saturated carbocycles. The van der Waals surface area contributed by atoms with Gasteiger partial charge in [0.25, 0.3) is 5.91 Å². The molecular weight excluding hydrogens is 382 g/mol. The Morgan fingerprint density at radius 1 is 1.37 bits per heavy atom. The van der Waals surface area contributed by atoms with Crippen LogP contribution >= 0.6 is 22.9 Å². The maximum Gasteiger partial charge on any atom is 0.341 e. The van der Waals surface area contributed by atoms with Gasteiger partial charge in [0.15, 0.2) is 0 Å². The summed E-state index contributed by atoms with van der Waals surface area (Å²) < 4.78 is 10.1. The Balaban J connectivity index is 1.67. The number of carbonyl (C=O) groups is 2. The standard InChI is InChI=1S/C19H19N3O3S2/c1-3-25-19(24)16-12-6-4-10(2)8-15(12)26-18(16)20-17(23)11-5-7-14-13(9-11)21-22-27-14/h5,7,9-10H,3-4,6,8H2,1-2H3,(H,20,23). The third-order valence-electron chi connectivity index (χ3n) is 4.73. The molecule has 0 spiro atoms. The van der Waals surface area contributed by atoms with Gasteiger partial charge in [-0.1, -0.05) is 11.4 Å². The summed E-state index contributed by atoms with van der Waals surface area (Å²) in [6, 6.07) is 5.30. The van der Waals surface area contributed by atoms with Gasteiger partial charge in [-0.3, -0.25) is 4.79 Å². The van der Waals surface area contributed by atoms with Gasteiger partial charge in [0, 0.05) is 10.4 Å². The van der Waals surface area contributed by atoms with Crippen LogP contribution in [0, 0.1) is 5.92 Å². The Hall–Kier alpha value is -2.32. The minimum absolute atomic E-state index is 0.262. The molecule has 2 heterocycles. The van der Waals surface area contributed by atoms with Crippen molar-refractivity contribution >= 4 is 50.0 Å². The number of nitrogens with one attached hydrogen (secondary N) is 1. The van der Waals surface area contributed by atoms with E-state index in [-0.39, 0.29) is 11.9 Å². The van der Waals surface area contributed by atoms with Gasteiger partial charge in [-0.05, 0) is 67.4 Å². The van der Waals surface area contributed by atoms with Gasteiger partial charge in [0.2, 0.25) is 0 Å². The highest BCUT2D eigenvalue weighted by Gasteiger charge is 2.29. The maximum atomic E-state index is 12.8. The number of anilines is 1. The summed E-state index contributed by atoms with van der Waals surface area (Å²) in [4.78, 5) is 26.5. The second kappa shape index (κ2) is 7.36. The fourth-order valence-corrected chi connectivity index (χ4v) is 5.29. The number of amides is 1. The summed E-state index contributed by atoms with van der Waals surface area (Å²) >= 11 is 2.78. The van der Waals surface area contributed by atoms with Crippen LogP contribution in [0.15, 0.2) is 18.2 Å². The lowest BCUT2D eigenvalue weighted by molar-refractivity contribution is 0.0526. The molecule has 0 saturated heterocycles. The number of carbonyl (C=O) groups excluding carboxylic acids is 2. The minimum atomic E-state index is -0.362. The highest BCUT2D eigenvalue weighted by molar-refractivity contribution is 7.17. The minimum Gasteiger partial charge on any atom is -0.462 e. The SMILES string of the molecule is CCOC(=O)c1c(NC(=O)c2ccc3snnc3c2)sc2c1CCC(C)C2. The summed E-state index contributed by atoms with van der Waals surface area (Å²) in [5.41, 5.74) is 2.74. The van der Waals surface area contributed by atoms with E-state index in [0.717, 1.165) is 29.5 Å². The van der Waals surface area contributed by atoms with E-state index < -0.39 is 0 Å². The van der Waals surface area contributed by atoms with Crippen molar-refractivity contribution < 1.29 is 14.3 Å². The van der Waals surface area contributed by atoms with Crippen molar-refractivity contribution in [1.29, 1.82) is 0 Å². The van der Waals surface area contributed by atoms with Gasteiger partial charge in [-0.2, -0.15) is 0 Å². The Morgan fingerprint density at radius 3 is 3.04 bits per heavy atom. The van der Waals surface area contributed by atoms with E-state index in [2.05, 4.69) is 21.8 Å². The van der Waals surface area contributed by atoms with Gasteiger partial charge < -0.3 is 10.1 Å². The third-order valence-corrected chi connectivity index (χ3v) is 6.60. The number of hydrogen-bond acceptors (Lipinski definition) is 7. The van der Waals surface area contributed by atoms with E-state index in [1.807, 2.05) is 6.07 Å². The van der Waals surface area contributed by atoms with Crippen LogP contribution in [0.25, 0.3) is 10.2 Å². The topological polar surface area (TPSA) is 81.2 Å². The molecule has 1 aliphatic carbocycles. The van der Waals surface area contributed by atoms with E-state index >= 15 is 0 Å². The molecule has 1 atom stereocenters. The van der Waals surface area contributed by atoms with E-state index in [9.17, 15) is 9.59 Å². The lowest BCUT2D eigenvalue weighted by Gasteiger charge is -2.18. The van der Waals surface area contributed by atoms with Crippen molar-refractivity contribution in [2.75, 3.05) is 11.9 Å². The second-order valence-corrected chi connectivity index (χ2v) is 8.58. The molecule has 4 rings (SSSR count). The Kier molecular flexibility index (Phi) is 4.92. The number of fused-ring (bicyclic) bond motifs is 2. The molecule has 2 aromatic heterocycles. The number of nitrogens with zero attached hydrogens (tertiary/aromatic N) is 2. The molecule has 1 N–H and O–H groups in total. The number of thiophene rings is 1. The van der Waals surface area contributed by atoms with Crippen LogP contribution in [0.1, 0.15) is 51.4 Å². The third kappa shape index (κ3) is 3.46. The molecular formula is C19H19N3O3S2. The van der Waals surface area contributed by atoms with Crippen LogP contribution in [-0.4, -0.2) is 28.1 Å². The van der Waals surface area contributed by atoms with Crippen LogP contribution < -0.4 is 5.32 Å². The van der Waals surface area contributed by atoms with E-state index in [0.29, 0.717) is 34.2 Å². The number of hydrogen-bond donors (Lipinski definition) is 1. The quantitative estimate of drug-likeness (QED) is 0.659. The molecule has 8 heteroatoms. The second-order valence-electron chi connectivity index (χ2n) is 6.69. The largest absolute Gasteiger partial charge is 0.462 e. The van der Waals surface area contributed by atoms with Crippen LogP contribution in [0.3, 0.4) is 0 Å². The smallest absolute Gasteiger partial charge is 0.341 e. The number of ether oxygens (including phenoxy) is 1. The zero-order chi connectivity index (χ0) is 19.0. The highest BCUT2D eigenvalue weighted by Crippen LogP contribution is 2.40. The number of benzene rings is 1. The molecule has 1 amide bonds. The monoisotopic (exact) mass is 401 g/mol. The molecule has 0 aliphatic heterocycles. The predicted molar refractivity (Wildman–Crippen MR) is 107 cm³/mol. The first-order chi connectivity index (χ1) is 13.1. The summed E-state index contributed by atoms with van der Waals surface area (Å²) in [7, 11) is 0. The van der Waals surface area contributed by atoms with Gasteiger partial charge in [-0.15, -0.1) is 16.4 Å². The molecule has 3 aromatic rings. The number of esters is 1. The fraction of sp³-hybridized carbons (Fsp3) is 0.368. The first-order valence-corrected chi connectivity index (χ1v) is 10.5. The van der Waals surface area contributed by atoms with Gasteiger partial charge >= 0.3 is 5.97 Å². The van der Waals surface area contributed by atoms with Crippen LogP contribution in [0.4, 0.5) is 5.00 Å². The van der Waals surface area contributed by atoms with E-state index in [4.69, 9.17) is 4.74 Å². The number of aromatic nitrogens is 2. The lowest BCUT2D eigenvalue weighted by Crippen LogP contribution is -2.16. The average molecular weight is 402 g/mol. The van der Waals surface area contributed by atoms with Crippen molar-refractivity contribution in [2.24, 2.45) is 5.92 Å². The highest BCUT2D eigenvalue weighted by atomic mass is 32.1. The van der Waals surface area contributed by atoms with Crippen molar-refractivity contribution in [3.05, 3.63) is 39.8 Å². The van der Waals surface area contributed by atoms with Crippen molar-refractivity contribution in [3.63, 3.8) is 0 Å². The van der Waals surface area contributed by atoms with Crippen LogP contribution in [0.5, 0.6) is 0 Å². The summed E-state index contributed by atoms with van der Waals surface area (Å²) in [5, 5.41) is 7.52. The summed E-state index contributed by atoms with van der Waals surface area (Å²) in [6.45, 7) is 4.30. The molecule has 1 aromatic carbocycles.